The molecule has 0 atom stereocenters. The minimum atomic E-state index is -4.96. The summed E-state index contributed by atoms with van der Waals surface area (Å²) < 4.78 is 46.4. The maximum atomic E-state index is 10.3. The van der Waals surface area contributed by atoms with Crippen molar-refractivity contribution in [3.8, 4) is 0 Å². The molecule has 0 amide bonds. The van der Waals surface area contributed by atoms with E-state index in [9.17, 15) is 3.67 Å². The fourth-order valence-electron chi connectivity index (χ4n) is 0.822. The summed E-state index contributed by atoms with van der Waals surface area (Å²) in [7, 11) is 0. The molecule has 9 heteroatoms. The van der Waals surface area contributed by atoms with Crippen LogP contribution in [-0.2, 0) is 36.6 Å². The van der Waals surface area contributed by atoms with Gasteiger partial charge in [-0.05, 0) is 0 Å². The first-order chi connectivity index (χ1) is 8.06. The maximum absolute atomic E-state index is 10.3. The van der Waals surface area contributed by atoms with Crippen LogP contribution < -0.4 is 0 Å². The van der Waals surface area contributed by atoms with Gasteiger partial charge in [-0.25, -0.2) is 0 Å². The molecular weight excluding hydrogens is 275 g/mol. The Hall–Kier alpha value is 0.104. The number of aliphatic hydroxyl groups is 1. The smallest absolute Gasteiger partial charge is 0.394 e. The zero-order valence-corrected chi connectivity index (χ0v) is 10.9. The van der Waals surface area contributed by atoms with E-state index in [4.69, 9.17) is 27.4 Å². The molecule has 0 aromatic rings. The number of hydrogen-bond acceptors (Lipinski definition) is 6. The van der Waals surface area contributed by atoms with Gasteiger partial charge >= 0.3 is 97.5 Å². The van der Waals surface area contributed by atoms with Crippen LogP contribution in [-0.4, -0.2) is 66.0 Å². The van der Waals surface area contributed by atoms with Crippen molar-refractivity contribution in [2.75, 3.05) is 52.9 Å². The van der Waals surface area contributed by atoms with Gasteiger partial charge in [0.05, 0.1) is 0 Å². The molecule has 0 aliphatic rings. The van der Waals surface area contributed by atoms with Crippen molar-refractivity contribution in [2.45, 2.75) is 0 Å². The van der Waals surface area contributed by atoms with Crippen LogP contribution in [0.4, 0.5) is 0 Å². The number of ether oxygens (including phenoxy) is 3. The Morgan fingerprint density at radius 1 is 0.765 bits per heavy atom. The minimum Gasteiger partial charge on any atom is -0.394 e. The van der Waals surface area contributed by atoms with Crippen LogP contribution in [0.2, 0.25) is 0 Å². The van der Waals surface area contributed by atoms with Crippen molar-refractivity contribution in [1.29, 1.82) is 0 Å². The van der Waals surface area contributed by atoms with Gasteiger partial charge in [0.2, 0.25) is 0 Å². The molecule has 17 heavy (non-hydrogen) atoms. The van der Waals surface area contributed by atoms with Gasteiger partial charge in [0.1, 0.15) is 0 Å². The summed E-state index contributed by atoms with van der Waals surface area (Å²) in [5.74, 6) is 0. The minimum absolute atomic E-state index is 0.00979. The second-order valence-electron chi connectivity index (χ2n) is 2.88. The van der Waals surface area contributed by atoms with E-state index >= 15 is 0 Å². The summed E-state index contributed by atoms with van der Waals surface area (Å²) in [5, 5.41) is 8.39. The van der Waals surface area contributed by atoms with Crippen molar-refractivity contribution in [1.82, 2.24) is 0 Å². The molecule has 0 heterocycles. The molecule has 0 spiro atoms. The van der Waals surface area contributed by atoms with E-state index < -0.39 is 15.0 Å². The van der Waals surface area contributed by atoms with Crippen LogP contribution in [0.15, 0.2) is 0 Å². The van der Waals surface area contributed by atoms with Gasteiger partial charge in [-0.2, -0.15) is 0 Å². The van der Waals surface area contributed by atoms with Crippen molar-refractivity contribution in [2.24, 2.45) is 0 Å². The molecule has 0 rings (SSSR count). The zero-order valence-electron chi connectivity index (χ0n) is 9.49. The Bertz CT molecular complexity index is 206. The van der Waals surface area contributed by atoms with Crippen molar-refractivity contribution in [3.05, 3.63) is 0 Å². The van der Waals surface area contributed by atoms with E-state index in [0.717, 1.165) is 0 Å². The van der Waals surface area contributed by atoms with Crippen molar-refractivity contribution < 1.29 is 49.7 Å². The van der Waals surface area contributed by atoms with Gasteiger partial charge in [0.15, 0.2) is 0 Å². The standard InChI is InChI=1S/C8H17O5.2H2O.O.V/c9-1-3-11-5-7-13-8-6-12-4-2-10;;;;/h9H,1-8H2;2*1H2;;/q-1;;;;+3/p-2. The fraction of sp³-hybridized carbons (Fsp3) is 1.00. The van der Waals surface area contributed by atoms with Crippen LogP contribution in [0.1, 0.15) is 0 Å². The van der Waals surface area contributed by atoms with Crippen LogP contribution in [0, 0.1) is 0 Å². The van der Waals surface area contributed by atoms with Crippen LogP contribution in [0.3, 0.4) is 0 Å². The van der Waals surface area contributed by atoms with Gasteiger partial charge in [-0.15, -0.1) is 0 Å². The average Bonchev–Trinajstić information content (AvgIpc) is 2.24. The number of aliphatic hydroxyl groups excluding tert-OH is 1. The van der Waals surface area contributed by atoms with Crippen LogP contribution >= 0.6 is 0 Å². The Kier molecular flexibility index (Phi) is 11.3. The Labute approximate surface area is 103 Å². The third kappa shape index (κ3) is 16.1. The molecule has 3 N–H and O–H groups in total. The Balaban J connectivity index is 3.01. The monoisotopic (exact) mass is 294 g/mol. The molecule has 0 aliphatic heterocycles. The molecule has 0 aliphatic carbocycles. The molecule has 104 valence electrons. The van der Waals surface area contributed by atoms with E-state index in [-0.39, 0.29) is 19.8 Å². The fourth-order valence-corrected chi connectivity index (χ4v) is 1.31. The summed E-state index contributed by atoms with van der Waals surface area (Å²) in [4.78, 5) is 0. The molecule has 0 bridgehead atoms. The molecule has 0 saturated heterocycles. The molecule has 0 radical (unpaired) electrons. The second kappa shape index (κ2) is 11.2. The van der Waals surface area contributed by atoms with Crippen LogP contribution in [0.5, 0.6) is 0 Å². The van der Waals surface area contributed by atoms with Crippen molar-refractivity contribution in [3.63, 3.8) is 0 Å². The van der Waals surface area contributed by atoms with Crippen LogP contribution in [0.25, 0.3) is 0 Å². The third-order valence-electron chi connectivity index (χ3n) is 1.47. The van der Waals surface area contributed by atoms with E-state index in [1.807, 2.05) is 0 Å². The molecule has 8 nitrogen and oxygen atoms in total. The predicted molar refractivity (Wildman–Crippen MR) is 50.6 cm³/mol. The van der Waals surface area contributed by atoms with Gasteiger partial charge in [-0.1, -0.05) is 0 Å². The molecular formula is C8H19O8V. The molecule has 0 aromatic heterocycles. The number of rotatable bonds is 12. The van der Waals surface area contributed by atoms with Gasteiger partial charge < -0.3 is 5.11 Å². The molecule has 0 saturated carbocycles. The summed E-state index contributed by atoms with van der Waals surface area (Å²) in [5.41, 5.74) is 0. The van der Waals surface area contributed by atoms with E-state index in [1.54, 1.807) is 0 Å². The number of hydrogen-bond donors (Lipinski definition) is 3. The second-order valence-corrected chi connectivity index (χ2v) is 4.82. The quantitative estimate of drug-likeness (QED) is 0.364. The van der Waals surface area contributed by atoms with E-state index in [1.165, 1.54) is 0 Å². The summed E-state index contributed by atoms with van der Waals surface area (Å²) in [6.07, 6.45) is 0. The third-order valence-corrected chi connectivity index (χ3v) is 2.28. The molecule has 0 unspecified atom stereocenters. The Morgan fingerprint density at radius 3 is 1.59 bits per heavy atom. The zero-order chi connectivity index (χ0) is 13.0. The van der Waals surface area contributed by atoms with E-state index in [2.05, 4.69) is 3.66 Å². The SMILES string of the molecule is [O]=[V]([OH])([OH])[O]CCOCCOCCOCCO. The van der Waals surface area contributed by atoms with Gasteiger partial charge in [-0.3, -0.25) is 0 Å². The molecule has 0 aromatic carbocycles. The van der Waals surface area contributed by atoms with Crippen molar-refractivity contribution >= 4 is 0 Å². The normalized spacial score (nSPS) is 11.9. The average molecular weight is 294 g/mol. The first kappa shape index (κ1) is 17.1. The van der Waals surface area contributed by atoms with E-state index in [0.29, 0.717) is 33.0 Å². The summed E-state index contributed by atoms with van der Waals surface area (Å²) in [6.45, 7) is 1.75. The summed E-state index contributed by atoms with van der Waals surface area (Å²) in [6, 6.07) is 0. The molecule has 0 fully saturated rings. The van der Waals surface area contributed by atoms with Gasteiger partial charge in [0.25, 0.3) is 0 Å². The van der Waals surface area contributed by atoms with Gasteiger partial charge in [0, 0.05) is 0 Å². The predicted octanol–water partition coefficient (Wildman–Crippen LogP) is -1.73. The summed E-state index contributed by atoms with van der Waals surface area (Å²) >= 11 is -4.96. The topological polar surface area (TPSA) is 115 Å². The first-order valence-electron chi connectivity index (χ1n) is 5.10. The Morgan fingerprint density at radius 2 is 1.18 bits per heavy atom. The first-order valence-corrected chi connectivity index (χ1v) is 7.49.